The summed E-state index contributed by atoms with van der Waals surface area (Å²) in [5, 5.41) is 0. The van der Waals surface area contributed by atoms with E-state index in [0.717, 1.165) is 11.8 Å². The third-order valence-corrected chi connectivity index (χ3v) is 3.50. The van der Waals surface area contributed by atoms with Crippen molar-refractivity contribution in [2.75, 3.05) is 0 Å². The molecule has 1 aliphatic carbocycles. The van der Waals surface area contributed by atoms with Gasteiger partial charge in [0.15, 0.2) is 0 Å². The number of allylic oxidation sites excluding steroid dienone is 4. The summed E-state index contributed by atoms with van der Waals surface area (Å²) >= 11 is 0. The van der Waals surface area contributed by atoms with Gasteiger partial charge in [0.2, 0.25) is 0 Å². The Labute approximate surface area is 95.5 Å². The molecule has 1 aliphatic rings. The first-order chi connectivity index (χ1) is 7.36. The van der Waals surface area contributed by atoms with E-state index in [1.807, 2.05) is 0 Å². The smallest absolute Gasteiger partial charge is 0.0233 e. The second-order valence-corrected chi connectivity index (χ2v) is 4.76. The van der Waals surface area contributed by atoms with Gasteiger partial charge in [-0.15, -0.1) is 0 Å². The molecule has 0 aliphatic heterocycles. The number of rotatable bonds is 5. The van der Waals surface area contributed by atoms with Gasteiger partial charge in [0.05, 0.1) is 0 Å². The van der Waals surface area contributed by atoms with Crippen LogP contribution in [-0.4, -0.2) is 0 Å². The Morgan fingerprint density at radius 3 is 2.40 bits per heavy atom. The lowest BCUT2D eigenvalue weighted by Crippen LogP contribution is -2.12. The molecule has 86 valence electrons. The van der Waals surface area contributed by atoms with Crippen molar-refractivity contribution in [2.24, 2.45) is 11.8 Å². The van der Waals surface area contributed by atoms with E-state index in [0.29, 0.717) is 0 Å². The lowest BCUT2D eigenvalue weighted by molar-refractivity contribution is 0.297. The zero-order valence-corrected chi connectivity index (χ0v) is 10.4. The first-order valence-corrected chi connectivity index (χ1v) is 6.64. The van der Waals surface area contributed by atoms with Crippen LogP contribution in [0, 0.1) is 11.8 Å². The number of hydrogen-bond donors (Lipinski definition) is 0. The van der Waals surface area contributed by atoms with Gasteiger partial charge in [-0.2, -0.15) is 0 Å². The van der Waals surface area contributed by atoms with E-state index in [4.69, 9.17) is 0 Å². The van der Waals surface area contributed by atoms with E-state index < -0.39 is 0 Å². The lowest BCUT2D eigenvalue weighted by Gasteiger charge is -2.26. The van der Waals surface area contributed by atoms with Gasteiger partial charge in [-0.25, -0.2) is 0 Å². The molecule has 0 bridgehead atoms. The lowest BCUT2D eigenvalue weighted by atomic mass is 9.80. The molecule has 0 aromatic rings. The second-order valence-electron chi connectivity index (χ2n) is 4.76. The van der Waals surface area contributed by atoms with E-state index in [2.05, 4.69) is 38.2 Å². The van der Waals surface area contributed by atoms with Crippen LogP contribution < -0.4 is 0 Å². The first kappa shape index (κ1) is 12.5. The van der Waals surface area contributed by atoms with Gasteiger partial charge >= 0.3 is 0 Å². The van der Waals surface area contributed by atoms with Crippen LogP contribution in [0.1, 0.15) is 58.8 Å². The van der Waals surface area contributed by atoms with E-state index in [1.165, 1.54) is 44.9 Å². The predicted molar refractivity (Wildman–Crippen MR) is 68.9 cm³/mol. The van der Waals surface area contributed by atoms with Crippen molar-refractivity contribution in [1.82, 2.24) is 0 Å². The van der Waals surface area contributed by atoms with Gasteiger partial charge in [-0.05, 0) is 63.7 Å². The molecule has 0 radical (unpaired) electrons. The first-order valence-electron chi connectivity index (χ1n) is 6.64. The molecule has 0 aromatic heterocycles. The maximum atomic E-state index is 2.40. The van der Waals surface area contributed by atoms with Crippen molar-refractivity contribution in [3.05, 3.63) is 24.3 Å². The molecule has 0 amide bonds. The minimum atomic E-state index is 0.887. The average Bonchev–Trinajstić information content (AvgIpc) is 2.27. The zero-order valence-electron chi connectivity index (χ0n) is 10.4. The van der Waals surface area contributed by atoms with E-state index in [1.54, 1.807) is 0 Å². The molecule has 0 atom stereocenters. The molecule has 0 saturated heterocycles. The highest BCUT2D eigenvalue weighted by Crippen LogP contribution is 2.32. The third kappa shape index (κ3) is 5.20. The topological polar surface area (TPSA) is 0 Å². The highest BCUT2D eigenvalue weighted by molar-refractivity contribution is 4.89. The molecule has 1 fully saturated rings. The van der Waals surface area contributed by atoms with Crippen LogP contribution in [-0.2, 0) is 0 Å². The molecule has 15 heavy (non-hydrogen) atoms. The maximum absolute atomic E-state index is 2.40. The molecular formula is C15H26. The van der Waals surface area contributed by atoms with Crippen LogP contribution >= 0.6 is 0 Å². The fourth-order valence-electron chi connectivity index (χ4n) is 2.56. The van der Waals surface area contributed by atoms with Crippen LogP contribution in [0.3, 0.4) is 0 Å². The van der Waals surface area contributed by atoms with Crippen molar-refractivity contribution in [3.8, 4) is 0 Å². The third-order valence-electron chi connectivity index (χ3n) is 3.50. The summed E-state index contributed by atoms with van der Waals surface area (Å²) in [6.07, 6.45) is 18.9. The Hall–Kier alpha value is -0.520. The van der Waals surface area contributed by atoms with Crippen LogP contribution in [0.15, 0.2) is 24.3 Å². The molecule has 0 unspecified atom stereocenters. The minimum absolute atomic E-state index is 0.887. The predicted octanol–water partition coefficient (Wildman–Crippen LogP) is 5.12. The summed E-state index contributed by atoms with van der Waals surface area (Å²) in [5.41, 5.74) is 0. The Kier molecular flexibility index (Phi) is 6.47. The monoisotopic (exact) mass is 206 g/mol. The highest BCUT2D eigenvalue weighted by atomic mass is 14.2. The molecule has 0 N–H and O–H groups in total. The van der Waals surface area contributed by atoms with E-state index >= 15 is 0 Å². The minimum Gasteiger partial charge on any atom is -0.0914 e. The van der Waals surface area contributed by atoms with E-state index in [-0.39, 0.29) is 0 Å². The molecule has 0 heteroatoms. The van der Waals surface area contributed by atoms with Crippen molar-refractivity contribution < 1.29 is 0 Å². The van der Waals surface area contributed by atoms with Crippen LogP contribution in [0.4, 0.5) is 0 Å². The largest absolute Gasteiger partial charge is 0.0914 e. The fourth-order valence-corrected chi connectivity index (χ4v) is 2.56. The molecular weight excluding hydrogens is 180 g/mol. The zero-order chi connectivity index (χ0) is 10.9. The average molecular weight is 206 g/mol. The fraction of sp³-hybridized carbons (Fsp3) is 0.733. The summed E-state index contributed by atoms with van der Waals surface area (Å²) in [6.45, 7) is 4.35. The van der Waals surface area contributed by atoms with Gasteiger partial charge in [-0.3, -0.25) is 0 Å². The van der Waals surface area contributed by atoms with Crippen molar-refractivity contribution in [2.45, 2.75) is 58.8 Å². The Morgan fingerprint density at radius 1 is 1.07 bits per heavy atom. The van der Waals surface area contributed by atoms with E-state index in [9.17, 15) is 0 Å². The van der Waals surface area contributed by atoms with Gasteiger partial charge in [-0.1, -0.05) is 31.2 Å². The molecule has 1 saturated carbocycles. The maximum Gasteiger partial charge on any atom is -0.0233 e. The van der Waals surface area contributed by atoms with Crippen molar-refractivity contribution >= 4 is 0 Å². The molecule has 0 heterocycles. The quantitative estimate of drug-likeness (QED) is 0.548. The summed E-state index contributed by atoms with van der Waals surface area (Å²) in [6, 6.07) is 0. The highest BCUT2D eigenvalue weighted by Gasteiger charge is 2.18. The normalized spacial score (nSPS) is 27.9. The van der Waals surface area contributed by atoms with Gasteiger partial charge < -0.3 is 0 Å². The summed E-state index contributed by atoms with van der Waals surface area (Å²) in [4.78, 5) is 0. The van der Waals surface area contributed by atoms with Gasteiger partial charge in [0.1, 0.15) is 0 Å². The summed E-state index contributed by atoms with van der Waals surface area (Å²) < 4.78 is 0. The Balaban J connectivity index is 2.12. The van der Waals surface area contributed by atoms with Crippen LogP contribution in [0.2, 0.25) is 0 Å². The SMILES string of the molecule is CC=CC1CCC(CCC=CCC)CC1. The van der Waals surface area contributed by atoms with Crippen molar-refractivity contribution in [1.29, 1.82) is 0 Å². The second kappa shape index (κ2) is 7.73. The van der Waals surface area contributed by atoms with Crippen LogP contribution in [0.25, 0.3) is 0 Å². The summed E-state index contributed by atoms with van der Waals surface area (Å²) in [7, 11) is 0. The molecule has 0 spiro atoms. The van der Waals surface area contributed by atoms with Crippen molar-refractivity contribution in [3.63, 3.8) is 0 Å². The molecule has 0 aromatic carbocycles. The number of hydrogen-bond acceptors (Lipinski definition) is 0. The molecule has 0 nitrogen and oxygen atoms in total. The molecule has 1 rings (SSSR count). The Bertz CT molecular complexity index is 192. The Morgan fingerprint density at radius 2 is 1.80 bits per heavy atom. The van der Waals surface area contributed by atoms with Gasteiger partial charge in [0.25, 0.3) is 0 Å². The van der Waals surface area contributed by atoms with Crippen LogP contribution in [0.5, 0.6) is 0 Å². The summed E-state index contributed by atoms with van der Waals surface area (Å²) in [5.74, 6) is 1.89. The standard InChI is InChI=1S/C15H26/c1-3-5-6-7-9-15-12-10-14(8-4-2)11-13-15/h4-6,8,14-15H,3,7,9-13H2,1-2H3. The van der Waals surface area contributed by atoms with Gasteiger partial charge in [0, 0.05) is 0 Å².